The number of carbonyl (C=O) groups is 1. The summed E-state index contributed by atoms with van der Waals surface area (Å²) in [7, 11) is 0. The van der Waals surface area contributed by atoms with Crippen LogP contribution in [0.2, 0.25) is 5.02 Å². The molecule has 0 unspecified atom stereocenters. The SMILES string of the molecule is Cc1cc(F)ccc1C(=O)Nc1cc(C#N)ccc1Cl. The quantitative estimate of drug-likeness (QED) is 0.911. The molecule has 0 fully saturated rings. The van der Waals surface area contributed by atoms with E-state index >= 15 is 0 Å². The molecule has 0 aliphatic heterocycles. The second kappa shape index (κ2) is 5.72. The zero-order valence-electron chi connectivity index (χ0n) is 10.6. The number of nitrogens with zero attached hydrogens (tertiary/aromatic N) is 1. The lowest BCUT2D eigenvalue weighted by Gasteiger charge is -2.09. The van der Waals surface area contributed by atoms with Gasteiger partial charge in [-0.05, 0) is 48.9 Å². The van der Waals surface area contributed by atoms with Crippen molar-refractivity contribution in [3.05, 3.63) is 63.9 Å². The van der Waals surface area contributed by atoms with Crippen molar-refractivity contribution in [2.24, 2.45) is 0 Å². The summed E-state index contributed by atoms with van der Waals surface area (Å²) >= 11 is 5.97. The molecule has 2 rings (SSSR count). The van der Waals surface area contributed by atoms with Gasteiger partial charge in [0.05, 0.1) is 22.3 Å². The molecule has 0 aliphatic carbocycles. The minimum absolute atomic E-state index is 0.331. The van der Waals surface area contributed by atoms with Crippen LogP contribution in [0.1, 0.15) is 21.5 Å². The third-order valence-electron chi connectivity index (χ3n) is 2.78. The summed E-state index contributed by atoms with van der Waals surface area (Å²) in [5, 5.41) is 11.8. The molecule has 0 aromatic heterocycles. The zero-order valence-corrected chi connectivity index (χ0v) is 11.3. The Morgan fingerprint density at radius 3 is 2.70 bits per heavy atom. The Hall–Kier alpha value is -2.38. The van der Waals surface area contributed by atoms with Crippen LogP contribution >= 0.6 is 11.6 Å². The molecule has 3 nitrogen and oxygen atoms in total. The van der Waals surface area contributed by atoms with Gasteiger partial charge in [-0.25, -0.2) is 4.39 Å². The van der Waals surface area contributed by atoms with Gasteiger partial charge in [-0.3, -0.25) is 4.79 Å². The first-order valence-corrected chi connectivity index (χ1v) is 6.16. The fourth-order valence-corrected chi connectivity index (χ4v) is 1.93. The number of hydrogen-bond acceptors (Lipinski definition) is 2. The first-order chi connectivity index (χ1) is 9.51. The molecule has 1 N–H and O–H groups in total. The fourth-order valence-electron chi connectivity index (χ4n) is 1.76. The van der Waals surface area contributed by atoms with Gasteiger partial charge in [0.15, 0.2) is 0 Å². The van der Waals surface area contributed by atoms with Crippen molar-refractivity contribution in [3.63, 3.8) is 0 Å². The number of aryl methyl sites for hydroxylation is 1. The van der Waals surface area contributed by atoms with Crippen LogP contribution in [0.25, 0.3) is 0 Å². The van der Waals surface area contributed by atoms with Gasteiger partial charge in [0.2, 0.25) is 0 Å². The van der Waals surface area contributed by atoms with E-state index in [1.807, 2.05) is 6.07 Å². The van der Waals surface area contributed by atoms with Crippen molar-refractivity contribution in [3.8, 4) is 6.07 Å². The predicted octanol–water partition coefficient (Wildman–Crippen LogP) is 3.91. The Kier molecular flexibility index (Phi) is 4.02. The largest absolute Gasteiger partial charge is 0.321 e. The topological polar surface area (TPSA) is 52.9 Å². The molecule has 0 heterocycles. The molecule has 0 atom stereocenters. The highest BCUT2D eigenvalue weighted by Crippen LogP contribution is 2.24. The highest BCUT2D eigenvalue weighted by atomic mass is 35.5. The Labute approximate surface area is 120 Å². The molecule has 0 saturated heterocycles. The second-order valence-electron chi connectivity index (χ2n) is 4.22. The van der Waals surface area contributed by atoms with Gasteiger partial charge in [0.1, 0.15) is 5.82 Å². The third-order valence-corrected chi connectivity index (χ3v) is 3.11. The molecule has 2 aromatic carbocycles. The van der Waals surface area contributed by atoms with E-state index in [2.05, 4.69) is 5.32 Å². The maximum Gasteiger partial charge on any atom is 0.255 e. The van der Waals surface area contributed by atoms with E-state index in [9.17, 15) is 9.18 Å². The van der Waals surface area contributed by atoms with Crippen LogP contribution < -0.4 is 5.32 Å². The lowest BCUT2D eigenvalue weighted by Crippen LogP contribution is -2.14. The molecule has 0 radical (unpaired) electrons. The van der Waals surface area contributed by atoms with Gasteiger partial charge in [0, 0.05) is 5.56 Å². The molecule has 0 bridgehead atoms. The minimum atomic E-state index is -0.403. The lowest BCUT2D eigenvalue weighted by molar-refractivity contribution is 0.102. The molecule has 20 heavy (non-hydrogen) atoms. The van der Waals surface area contributed by atoms with Gasteiger partial charge < -0.3 is 5.32 Å². The van der Waals surface area contributed by atoms with Crippen molar-refractivity contribution in [2.45, 2.75) is 6.92 Å². The van der Waals surface area contributed by atoms with Crippen molar-refractivity contribution in [1.29, 1.82) is 5.26 Å². The number of carbonyl (C=O) groups excluding carboxylic acids is 1. The minimum Gasteiger partial charge on any atom is -0.321 e. The summed E-state index contributed by atoms with van der Waals surface area (Å²) in [5.41, 5.74) is 1.61. The first kappa shape index (κ1) is 14.0. The maximum atomic E-state index is 13.0. The van der Waals surface area contributed by atoms with E-state index in [-0.39, 0.29) is 0 Å². The van der Waals surface area contributed by atoms with E-state index in [4.69, 9.17) is 16.9 Å². The molecule has 2 aromatic rings. The summed E-state index contributed by atoms with van der Waals surface area (Å²) < 4.78 is 13.0. The number of nitrogens with one attached hydrogen (secondary N) is 1. The van der Waals surface area contributed by atoms with Crippen LogP contribution in [0.15, 0.2) is 36.4 Å². The summed E-state index contributed by atoms with van der Waals surface area (Å²) in [4.78, 5) is 12.1. The number of anilines is 1. The fraction of sp³-hybridized carbons (Fsp3) is 0.0667. The second-order valence-corrected chi connectivity index (χ2v) is 4.63. The van der Waals surface area contributed by atoms with Crippen LogP contribution in [0.3, 0.4) is 0 Å². The van der Waals surface area contributed by atoms with Crippen LogP contribution in [0.5, 0.6) is 0 Å². The number of benzene rings is 2. The van der Waals surface area contributed by atoms with E-state index in [0.29, 0.717) is 27.4 Å². The summed E-state index contributed by atoms with van der Waals surface area (Å²) in [6.45, 7) is 1.64. The van der Waals surface area contributed by atoms with E-state index in [0.717, 1.165) is 0 Å². The molecule has 5 heteroatoms. The van der Waals surface area contributed by atoms with Crippen molar-refractivity contribution in [2.75, 3.05) is 5.32 Å². The van der Waals surface area contributed by atoms with Crippen LogP contribution in [0, 0.1) is 24.1 Å². The smallest absolute Gasteiger partial charge is 0.255 e. The van der Waals surface area contributed by atoms with Gasteiger partial charge >= 0.3 is 0 Å². The summed E-state index contributed by atoms with van der Waals surface area (Å²) in [6.07, 6.45) is 0. The normalized spacial score (nSPS) is 9.90. The monoisotopic (exact) mass is 288 g/mol. The van der Waals surface area contributed by atoms with E-state index in [1.54, 1.807) is 13.0 Å². The predicted molar refractivity (Wildman–Crippen MR) is 75.3 cm³/mol. The van der Waals surface area contributed by atoms with Crippen LogP contribution in [-0.4, -0.2) is 5.91 Å². The molecule has 1 amide bonds. The Bertz CT molecular complexity index is 722. The molecule has 100 valence electrons. The maximum absolute atomic E-state index is 13.0. The van der Waals surface area contributed by atoms with E-state index in [1.165, 1.54) is 30.3 Å². The average molecular weight is 289 g/mol. The number of nitriles is 1. The standard InChI is InChI=1S/C15H10ClFN2O/c1-9-6-11(17)3-4-12(9)15(20)19-14-7-10(8-18)2-5-13(14)16/h2-7H,1H3,(H,19,20). The van der Waals surface area contributed by atoms with Crippen LogP contribution in [0.4, 0.5) is 10.1 Å². The van der Waals surface area contributed by atoms with Gasteiger partial charge in [-0.15, -0.1) is 0 Å². The summed E-state index contributed by atoms with van der Waals surface area (Å²) in [6, 6.07) is 10.4. The number of amides is 1. The third kappa shape index (κ3) is 2.95. The Morgan fingerprint density at radius 1 is 1.30 bits per heavy atom. The van der Waals surface area contributed by atoms with Gasteiger partial charge in [-0.2, -0.15) is 5.26 Å². The highest BCUT2D eigenvalue weighted by molar-refractivity contribution is 6.34. The molecule has 0 spiro atoms. The lowest BCUT2D eigenvalue weighted by atomic mass is 10.1. The Balaban J connectivity index is 2.30. The van der Waals surface area contributed by atoms with Crippen molar-refractivity contribution >= 4 is 23.2 Å². The van der Waals surface area contributed by atoms with Crippen molar-refractivity contribution in [1.82, 2.24) is 0 Å². The molecular formula is C15H10ClFN2O. The van der Waals surface area contributed by atoms with Crippen LogP contribution in [-0.2, 0) is 0 Å². The van der Waals surface area contributed by atoms with Gasteiger partial charge in [0.25, 0.3) is 5.91 Å². The number of rotatable bonds is 2. The number of hydrogen-bond donors (Lipinski definition) is 1. The Morgan fingerprint density at radius 2 is 2.05 bits per heavy atom. The number of halogens is 2. The van der Waals surface area contributed by atoms with E-state index < -0.39 is 11.7 Å². The molecule has 0 aliphatic rings. The average Bonchev–Trinajstić information content (AvgIpc) is 2.41. The van der Waals surface area contributed by atoms with Crippen molar-refractivity contribution < 1.29 is 9.18 Å². The first-order valence-electron chi connectivity index (χ1n) is 5.78. The molecule has 0 saturated carbocycles. The highest BCUT2D eigenvalue weighted by Gasteiger charge is 2.12. The summed E-state index contributed by atoms with van der Waals surface area (Å²) in [5.74, 6) is -0.803. The zero-order chi connectivity index (χ0) is 14.7. The molecular weight excluding hydrogens is 279 g/mol. The van der Waals surface area contributed by atoms with Gasteiger partial charge in [-0.1, -0.05) is 11.6 Å².